The minimum Gasteiger partial charge on any atom is -0.475 e. The third-order valence-electron chi connectivity index (χ3n) is 5.80. The molecule has 0 radical (unpaired) electrons. The van der Waals surface area contributed by atoms with Crippen molar-refractivity contribution in [2.45, 2.75) is 18.4 Å². The molecule has 14 nitrogen and oxygen atoms in total. The van der Waals surface area contributed by atoms with Gasteiger partial charge in [0.25, 0.3) is 5.91 Å². The zero-order valence-corrected chi connectivity index (χ0v) is 23.5. The molecule has 1 atom stereocenters. The number of carbonyl (C=O) groups is 3. The zero-order valence-electron chi connectivity index (χ0n) is 23.5. The number of carboxylic acid groups (broad SMARTS) is 2. The van der Waals surface area contributed by atoms with Crippen LogP contribution in [0.4, 0.5) is 32.3 Å². The number of aromatic nitrogens is 5. The van der Waals surface area contributed by atoms with Gasteiger partial charge in [0.2, 0.25) is 5.95 Å². The predicted molar refractivity (Wildman–Crippen MR) is 141 cm³/mol. The number of nitrogens with one attached hydrogen (secondary N) is 1. The summed E-state index contributed by atoms with van der Waals surface area (Å²) >= 11 is 0. The van der Waals surface area contributed by atoms with Gasteiger partial charge in [0, 0.05) is 51.3 Å². The Kier molecular flexibility index (Phi) is 12.3. The van der Waals surface area contributed by atoms with Gasteiger partial charge in [-0.25, -0.2) is 19.6 Å². The van der Waals surface area contributed by atoms with Crippen LogP contribution in [0.25, 0.3) is 5.65 Å². The van der Waals surface area contributed by atoms with Crippen LogP contribution in [0.2, 0.25) is 0 Å². The number of pyridine rings is 1. The van der Waals surface area contributed by atoms with E-state index in [1.54, 1.807) is 18.5 Å². The van der Waals surface area contributed by atoms with E-state index in [0.717, 1.165) is 31.1 Å². The fraction of sp³-hybridized carbons (Fsp3) is 0.458. The Labute approximate surface area is 245 Å². The second-order valence-corrected chi connectivity index (χ2v) is 9.36. The van der Waals surface area contributed by atoms with Gasteiger partial charge in [0.15, 0.2) is 11.5 Å². The summed E-state index contributed by atoms with van der Waals surface area (Å²) in [6.45, 7) is 3.77. The molecule has 3 aromatic rings. The lowest BCUT2D eigenvalue weighted by Gasteiger charge is -2.38. The van der Waals surface area contributed by atoms with Crippen LogP contribution in [0.1, 0.15) is 22.2 Å². The minimum atomic E-state index is -5.08. The molecule has 4 heterocycles. The second kappa shape index (κ2) is 15.2. The van der Waals surface area contributed by atoms with Crippen LogP contribution in [0.3, 0.4) is 0 Å². The number of hydrogen-bond donors (Lipinski definition) is 3. The van der Waals surface area contributed by atoms with Crippen molar-refractivity contribution >= 4 is 29.4 Å². The fourth-order valence-electron chi connectivity index (χ4n) is 3.55. The molecular weight excluding hydrogens is 608 g/mol. The van der Waals surface area contributed by atoms with Gasteiger partial charge in [-0.15, -0.1) is 10.2 Å². The van der Waals surface area contributed by atoms with E-state index in [-0.39, 0.29) is 11.9 Å². The summed E-state index contributed by atoms with van der Waals surface area (Å²) in [6.07, 6.45) is -4.84. The van der Waals surface area contributed by atoms with E-state index < -0.39 is 24.3 Å². The Morgan fingerprint density at radius 3 is 2.07 bits per heavy atom. The Hall–Kier alpha value is -4.59. The van der Waals surface area contributed by atoms with Gasteiger partial charge < -0.3 is 25.3 Å². The van der Waals surface area contributed by atoms with Crippen molar-refractivity contribution in [3.63, 3.8) is 0 Å². The maximum Gasteiger partial charge on any atom is 0.490 e. The lowest BCUT2D eigenvalue weighted by Crippen LogP contribution is -2.47. The number of alkyl halides is 6. The highest BCUT2D eigenvalue weighted by Gasteiger charge is 2.39. The van der Waals surface area contributed by atoms with E-state index in [4.69, 9.17) is 19.8 Å². The zero-order chi connectivity index (χ0) is 33.2. The van der Waals surface area contributed by atoms with Crippen LogP contribution in [0, 0.1) is 0 Å². The number of anilines is 1. The first-order chi connectivity index (χ1) is 20.4. The number of rotatable bonds is 6. The number of piperazine rings is 1. The largest absolute Gasteiger partial charge is 0.490 e. The third kappa shape index (κ3) is 10.6. The number of nitrogens with zero attached hydrogens (tertiary/aromatic N) is 8. The standard InChI is InChI=1S/C20H27N9O.2C2HF3O2/c1-26(2)10-9-21-19(30)15-5-6-17-24-25-18(29(17)13-15)16-14-28(12-11-27(16)3)20-22-7-4-8-23-20;2*3-2(4,5)1(6)7/h4-8,13,16H,9-12,14H2,1-3H3,(H,21,30);2*(H,6,7). The van der Waals surface area contributed by atoms with E-state index in [9.17, 15) is 31.1 Å². The lowest BCUT2D eigenvalue weighted by molar-refractivity contribution is -0.193. The minimum absolute atomic E-state index is 0.00427. The number of likely N-dealkylation sites (N-methyl/N-ethyl adjacent to an activating group) is 2. The van der Waals surface area contributed by atoms with Gasteiger partial charge in [-0.3, -0.25) is 14.1 Å². The lowest BCUT2D eigenvalue weighted by atomic mass is 10.1. The molecule has 0 spiro atoms. The molecule has 1 amide bonds. The molecule has 4 rings (SSSR count). The normalized spacial score (nSPS) is 15.6. The number of fused-ring (bicyclic) bond motifs is 1. The van der Waals surface area contributed by atoms with Crippen molar-refractivity contribution in [1.82, 2.24) is 39.7 Å². The van der Waals surface area contributed by atoms with E-state index in [1.807, 2.05) is 41.7 Å². The highest BCUT2D eigenvalue weighted by molar-refractivity contribution is 5.94. The Bertz CT molecular complexity index is 1380. The van der Waals surface area contributed by atoms with Gasteiger partial charge in [-0.2, -0.15) is 26.3 Å². The first-order valence-corrected chi connectivity index (χ1v) is 12.5. The molecule has 20 heteroatoms. The maximum absolute atomic E-state index is 12.6. The molecule has 1 saturated heterocycles. The van der Waals surface area contributed by atoms with Crippen LogP contribution < -0.4 is 10.2 Å². The molecule has 1 fully saturated rings. The summed E-state index contributed by atoms with van der Waals surface area (Å²) in [4.78, 5) is 45.6. The van der Waals surface area contributed by atoms with Crippen LogP contribution in [0.5, 0.6) is 0 Å². The number of carbonyl (C=O) groups excluding carboxylic acids is 1. The van der Waals surface area contributed by atoms with Gasteiger partial charge >= 0.3 is 24.3 Å². The smallest absolute Gasteiger partial charge is 0.475 e. The molecule has 0 aromatic carbocycles. The van der Waals surface area contributed by atoms with Crippen molar-refractivity contribution in [2.24, 2.45) is 0 Å². The topological polar surface area (TPSA) is 169 Å². The average molecular weight is 638 g/mol. The molecule has 0 saturated carbocycles. The number of amides is 1. The van der Waals surface area contributed by atoms with Gasteiger partial charge in [-0.05, 0) is 39.3 Å². The molecule has 1 aliphatic rings. The fourth-order valence-corrected chi connectivity index (χ4v) is 3.55. The molecule has 3 N–H and O–H groups in total. The summed E-state index contributed by atoms with van der Waals surface area (Å²) < 4.78 is 65.4. The first kappa shape index (κ1) is 35.6. The summed E-state index contributed by atoms with van der Waals surface area (Å²) in [6, 6.07) is 5.43. The van der Waals surface area contributed by atoms with Crippen LogP contribution in [-0.2, 0) is 9.59 Å². The number of aliphatic carboxylic acids is 2. The van der Waals surface area contributed by atoms with Crippen molar-refractivity contribution < 1.29 is 50.9 Å². The Morgan fingerprint density at radius 2 is 1.55 bits per heavy atom. The van der Waals surface area contributed by atoms with Crippen molar-refractivity contribution in [1.29, 1.82) is 0 Å². The van der Waals surface area contributed by atoms with Gasteiger partial charge in [0.1, 0.15) is 0 Å². The molecule has 0 aliphatic carbocycles. The van der Waals surface area contributed by atoms with Gasteiger partial charge in [-0.1, -0.05) is 0 Å². The van der Waals surface area contributed by atoms with Gasteiger partial charge in [0.05, 0.1) is 11.6 Å². The summed E-state index contributed by atoms with van der Waals surface area (Å²) in [7, 11) is 6.03. The van der Waals surface area contributed by atoms with Crippen molar-refractivity contribution in [3.05, 3.63) is 48.2 Å². The highest BCUT2D eigenvalue weighted by atomic mass is 19.4. The van der Waals surface area contributed by atoms with Crippen molar-refractivity contribution in [2.75, 3.05) is 58.8 Å². The molecule has 0 bridgehead atoms. The maximum atomic E-state index is 12.6. The van der Waals surface area contributed by atoms with E-state index >= 15 is 0 Å². The van der Waals surface area contributed by atoms with Crippen LogP contribution >= 0.6 is 0 Å². The summed E-state index contributed by atoms with van der Waals surface area (Å²) in [5.74, 6) is -4.10. The number of hydrogen-bond acceptors (Lipinski definition) is 10. The average Bonchev–Trinajstić information content (AvgIpc) is 3.36. The SMILES string of the molecule is CN(C)CCNC(=O)c1ccc2nnc(C3CN(c4ncccn4)CCN3C)n2c1.O=C(O)C(F)(F)F.O=C(O)C(F)(F)F. The number of halogens is 6. The van der Waals surface area contributed by atoms with E-state index in [1.165, 1.54) is 0 Å². The predicted octanol–water partition coefficient (Wildman–Crippen LogP) is 1.57. The molecule has 1 unspecified atom stereocenters. The second-order valence-electron chi connectivity index (χ2n) is 9.36. The summed E-state index contributed by atoms with van der Waals surface area (Å²) in [5.41, 5.74) is 1.31. The van der Waals surface area contributed by atoms with Crippen LogP contribution in [0.15, 0.2) is 36.8 Å². The summed E-state index contributed by atoms with van der Waals surface area (Å²) in [5, 5.41) is 26.0. The molecule has 3 aromatic heterocycles. The Morgan fingerprint density at radius 1 is 0.977 bits per heavy atom. The molecule has 44 heavy (non-hydrogen) atoms. The van der Waals surface area contributed by atoms with E-state index in [2.05, 4.69) is 42.3 Å². The third-order valence-corrected chi connectivity index (χ3v) is 5.80. The number of carboxylic acids is 2. The molecular formula is C24H29F6N9O5. The molecule has 1 aliphatic heterocycles. The Balaban J connectivity index is 0.000000402. The van der Waals surface area contributed by atoms with Crippen LogP contribution in [-0.4, -0.2) is 129 Å². The quantitative estimate of drug-likeness (QED) is 0.334. The van der Waals surface area contributed by atoms with Crippen molar-refractivity contribution in [3.8, 4) is 0 Å². The van der Waals surface area contributed by atoms with E-state index in [0.29, 0.717) is 24.6 Å². The highest BCUT2D eigenvalue weighted by Crippen LogP contribution is 2.25. The first-order valence-electron chi connectivity index (χ1n) is 12.5. The monoisotopic (exact) mass is 637 g/mol. The molecule has 242 valence electrons.